The van der Waals surface area contributed by atoms with Crippen LogP contribution in [-0.4, -0.2) is 35.8 Å². The minimum Gasteiger partial charge on any atom is -0.362 e. The van der Waals surface area contributed by atoms with Gasteiger partial charge in [0.25, 0.3) is 15.7 Å². The average molecular weight is 343 g/mol. The van der Waals surface area contributed by atoms with Crippen LogP contribution in [0, 0.1) is 10.1 Å². The van der Waals surface area contributed by atoms with Crippen LogP contribution in [0.1, 0.15) is 25.7 Å². The van der Waals surface area contributed by atoms with Gasteiger partial charge in [-0.2, -0.15) is 0 Å². The number of para-hydroxylation sites is 1. The summed E-state index contributed by atoms with van der Waals surface area (Å²) < 4.78 is 26.7. The third-order valence-electron chi connectivity index (χ3n) is 3.42. The lowest BCUT2D eigenvalue weighted by Gasteiger charge is -2.24. The van der Waals surface area contributed by atoms with Gasteiger partial charge in [-0.25, -0.2) is 12.7 Å². The molecule has 1 aromatic rings. The number of sulfonamides is 1. The molecule has 0 radical (unpaired) electrons. The fourth-order valence-electron chi connectivity index (χ4n) is 2.29. The van der Waals surface area contributed by atoms with E-state index < -0.39 is 20.6 Å². The summed E-state index contributed by atoms with van der Waals surface area (Å²) in [6.45, 7) is 0.821. The van der Waals surface area contributed by atoms with Crippen molar-refractivity contribution in [3.63, 3.8) is 0 Å². The van der Waals surface area contributed by atoms with Crippen LogP contribution in [0.15, 0.2) is 29.2 Å². The van der Waals surface area contributed by atoms with E-state index >= 15 is 0 Å². The first-order valence-electron chi connectivity index (χ1n) is 6.98. The summed E-state index contributed by atoms with van der Waals surface area (Å²) in [5.74, 6) is 0. The van der Waals surface area contributed by atoms with E-state index in [1.165, 1.54) is 24.3 Å². The number of nitro groups is 1. The Morgan fingerprint density at radius 1 is 1.18 bits per heavy atom. The fraction of sp³-hybridized carbons (Fsp3) is 0.462. The highest BCUT2D eigenvalue weighted by Crippen LogP contribution is 2.27. The molecule has 0 atom stereocenters. The number of thiocarbonyl (C=S) groups is 1. The van der Waals surface area contributed by atoms with Gasteiger partial charge in [-0.05, 0) is 31.1 Å². The highest BCUT2D eigenvalue weighted by molar-refractivity contribution is 7.91. The van der Waals surface area contributed by atoms with E-state index in [4.69, 9.17) is 12.2 Å². The van der Waals surface area contributed by atoms with E-state index in [9.17, 15) is 18.5 Å². The number of rotatable bonds is 3. The van der Waals surface area contributed by atoms with E-state index in [0.717, 1.165) is 23.6 Å². The maximum Gasteiger partial charge on any atom is 0.289 e. The Kier molecular flexibility index (Phi) is 5.30. The highest BCUT2D eigenvalue weighted by atomic mass is 32.2. The normalized spacial score (nSPS) is 17.1. The molecule has 2 rings (SSSR count). The van der Waals surface area contributed by atoms with Crippen molar-refractivity contribution in [1.29, 1.82) is 0 Å². The third kappa shape index (κ3) is 3.53. The number of nitro benzene ring substituents is 1. The van der Waals surface area contributed by atoms with Crippen molar-refractivity contribution >= 4 is 33.0 Å². The van der Waals surface area contributed by atoms with Gasteiger partial charge in [-0.1, -0.05) is 25.0 Å². The van der Waals surface area contributed by atoms with E-state index in [-0.39, 0.29) is 16.6 Å². The molecule has 9 heteroatoms. The van der Waals surface area contributed by atoms with Crippen molar-refractivity contribution < 1.29 is 13.3 Å². The minimum absolute atomic E-state index is 0.0973. The largest absolute Gasteiger partial charge is 0.362 e. The standard InChI is InChI=1S/C13H17N3O4S2/c17-16(18)11-7-3-4-8-12(11)22(19,20)15-10-6-2-1-5-9-14-13(15)21/h3-4,7-8H,1-2,5-6,9-10H2,(H,14,21). The van der Waals surface area contributed by atoms with Gasteiger partial charge in [0.1, 0.15) is 0 Å². The van der Waals surface area contributed by atoms with Gasteiger partial charge in [0.05, 0.1) is 4.92 Å². The van der Waals surface area contributed by atoms with Gasteiger partial charge in [-0.15, -0.1) is 0 Å². The van der Waals surface area contributed by atoms with Crippen molar-refractivity contribution in [3.05, 3.63) is 34.4 Å². The van der Waals surface area contributed by atoms with Gasteiger partial charge in [0.2, 0.25) is 0 Å². The molecule has 1 saturated heterocycles. The van der Waals surface area contributed by atoms with Crippen molar-refractivity contribution in [2.75, 3.05) is 13.1 Å². The fourth-order valence-corrected chi connectivity index (χ4v) is 4.33. The lowest BCUT2D eigenvalue weighted by atomic mass is 10.2. The van der Waals surface area contributed by atoms with Crippen LogP contribution >= 0.6 is 12.2 Å². The molecule has 1 N–H and O–H groups in total. The Morgan fingerprint density at radius 2 is 1.86 bits per heavy atom. The molecule has 1 fully saturated rings. The summed E-state index contributed by atoms with van der Waals surface area (Å²) in [5, 5.41) is 14.1. The molecule has 0 aromatic heterocycles. The topological polar surface area (TPSA) is 92.5 Å². The third-order valence-corrected chi connectivity index (χ3v) is 5.75. The van der Waals surface area contributed by atoms with Crippen molar-refractivity contribution in [3.8, 4) is 0 Å². The lowest BCUT2D eigenvalue weighted by Crippen LogP contribution is -2.44. The molecule has 0 spiro atoms. The number of hydrogen-bond donors (Lipinski definition) is 1. The molecule has 0 aliphatic carbocycles. The first-order chi connectivity index (χ1) is 10.4. The number of nitrogens with zero attached hydrogens (tertiary/aromatic N) is 2. The lowest BCUT2D eigenvalue weighted by molar-refractivity contribution is -0.387. The highest BCUT2D eigenvalue weighted by Gasteiger charge is 2.32. The van der Waals surface area contributed by atoms with Crippen LogP contribution in [0.4, 0.5) is 5.69 Å². The number of nitrogens with one attached hydrogen (secondary N) is 1. The van der Waals surface area contributed by atoms with Crippen molar-refractivity contribution in [2.24, 2.45) is 0 Å². The Labute approximate surface area is 134 Å². The quantitative estimate of drug-likeness (QED) is 0.513. The molecular weight excluding hydrogens is 326 g/mol. The van der Waals surface area contributed by atoms with Gasteiger partial charge < -0.3 is 5.32 Å². The summed E-state index contributed by atoms with van der Waals surface area (Å²) in [6, 6.07) is 5.32. The smallest absolute Gasteiger partial charge is 0.289 e. The summed E-state index contributed by atoms with van der Waals surface area (Å²) >= 11 is 5.16. The number of hydrogen-bond acceptors (Lipinski definition) is 5. The van der Waals surface area contributed by atoms with Crippen LogP contribution in [-0.2, 0) is 10.0 Å². The summed E-state index contributed by atoms with van der Waals surface area (Å²) in [4.78, 5) is 10.1. The maximum absolute atomic E-state index is 12.8. The zero-order valence-electron chi connectivity index (χ0n) is 11.9. The van der Waals surface area contributed by atoms with Crippen molar-refractivity contribution in [1.82, 2.24) is 9.62 Å². The predicted octanol–water partition coefficient (Wildman–Crippen LogP) is 2.03. The number of benzene rings is 1. The Balaban J connectivity index is 2.43. The average Bonchev–Trinajstić information content (AvgIpc) is 2.59. The summed E-state index contributed by atoms with van der Waals surface area (Å²) in [7, 11) is -4.05. The van der Waals surface area contributed by atoms with Crippen LogP contribution in [0.3, 0.4) is 0 Å². The summed E-state index contributed by atoms with van der Waals surface area (Å²) in [5.41, 5.74) is -0.440. The zero-order chi connectivity index (χ0) is 16.2. The van der Waals surface area contributed by atoms with E-state index in [2.05, 4.69) is 5.32 Å². The maximum atomic E-state index is 12.8. The Morgan fingerprint density at radius 3 is 2.59 bits per heavy atom. The molecule has 1 aromatic carbocycles. The second-order valence-electron chi connectivity index (χ2n) is 4.95. The molecule has 0 amide bonds. The van der Waals surface area contributed by atoms with Gasteiger partial charge in [0, 0.05) is 19.2 Å². The summed E-state index contributed by atoms with van der Waals surface area (Å²) in [6.07, 6.45) is 3.48. The molecular formula is C13H17N3O4S2. The van der Waals surface area contributed by atoms with Crippen LogP contribution in [0.25, 0.3) is 0 Å². The zero-order valence-corrected chi connectivity index (χ0v) is 13.5. The van der Waals surface area contributed by atoms with Gasteiger partial charge in [-0.3, -0.25) is 10.1 Å². The van der Waals surface area contributed by atoms with E-state index in [1.54, 1.807) is 0 Å². The van der Waals surface area contributed by atoms with Crippen LogP contribution in [0.5, 0.6) is 0 Å². The minimum atomic E-state index is -4.05. The van der Waals surface area contributed by atoms with Gasteiger partial charge in [0.15, 0.2) is 10.0 Å². The van der Waals surface area contributed by atoms with Crippen molar-refractivity contribution in [2.45, 2.75) is 30.6 Å². The molecule has 0 unspecified atom stereocenters. The molecule has 120 valence electrons. The van der Waals surface area contributed by atoms with Gasteiger partial charge >= 0.3 is 0 Å². The van der Waals surface area contributed by atoms with E-state index in [0.29, 0.717) is 13.0 Å². The molecule has 7 nitrogen and oxygen atoms in total. The molecule has 1 aliphatic heterocycles. The first kappa shape index (κ1) is 16.6. The van der Waals surface area contributed by atoms with Crippen LogP contribution < -0.4 is 5.32 Å². The molecule has 1 aliphatic rings. The Bertz CT molecular complexity index is 676. The second kappa shape index (κ2) is 7.01. The molecule has 0 saturated carbocycles. The molecule has 22 heavy (non-hydrogen) atoms. The first-order valence-corrected chi connectivity index (χ1v) is 8.83. The van der Waals surface area contributed by atoms with E-state index in [1.807, 2.05) is 0 Å². The molecule has 1 heterocycles. The SMILES string of the molecule is O=[N+]([O-])c1ccccc1S(=O)(=O)N1CCCCCCNC1=S. The molecule has 0 bridgehead atoms. The monoisotopic (exact) mass is 343 g/mol. The predicted molar refractivity (Wildman–Crippen MR) is 86.1 cm³/mol. The second-order valence-corrected chi connectivity index (χ2v) is 7.17. The Hall–Kier alpha value is -1.74. The van der Waals surface area contributed by atoms with Crippen LogP contribution in [0.2, 0.25) is 0 Å².